The zero-order valence-corrected chi connectivity index (χ0v) is 18.2. The van der Waals surface area contributed by atoms with Crippen LogP contribution in [-0.4, -0.2) is 19.3 Å². The highest BCUT2D eigenvalue weighted by molar-refractivity contribution is 7.17. The lowest BCUT2D eigenvalue weighted by Crippen LogP contribution is -2.38. The van der Waals surface area contributed by atoms with Gasteiger partial charge in [-0.3, -0.25) is 9.36 Å². The standard InChI is InChI=1S/C22H14ClFN4O3S/c1-12-3-2-4-14(9-12)28-21(29)19-17(7-8-32-19)27(22(28)30)11-18-25-20(26-31-18)13-5-6-16(24)15(23)10-13/h2-10H,11H2,1H3. The second-order valence-electron chi connectivity index (χ2n) is 7.12. The second-order valence-corrected chi connectivity index (χ2v) is 8.45. The molecule has 3 heterocycles. The highest BCUT2D eigenvalue weighted by Crippen LogP contribution is 2.23. The van der Waals surface area contributed by atoms with E-state index in [9.17, 15) is 14.0 Å². The summed E-state index contributed by atoms with van der Waals surface area (Å²) in [7, 11) is 0. The van der Waals surface area contributed by atoms with Gasteiger partial charge in [-0.2, -0.15) is 4.98 Å². The molecule has 5 aromatic rings. The van der Waals surface area contributed by atoms with Crippen molar-refractivity contribution in [3.8, 4) is 17.1 Å². The van der Waals surface area contributed by atoms with Crippen LogP contribution in [0.2, 0.25) is 5.02 Å². The molecule has 3 aromatic heterocycles. The Hall–Kier alpha value is -3.56. The lowest BCUT2D eigenvalue weighted by molar-refractivity contribution is 0.370. The normalized spacial score (nSPS) is 11.3. The highest BCUT2D eigenvalue weighted by atomic mass is 35.5. The van der Waals surface area contributed by atoms with Gasteiger partial charge in [0.2, 0.25) is 11.7 Å². The van der Waals surface area contributed by atoms with E-state index in [1.165, 1.54) is 34.1 Å². The van der Waals surface area contributed by atoms with Crippen molar-refractivity contribution in [3.63, 3.8) is 0 Å². The number of aromatic nitrogens is 4. The Morgan fingerprint density at radius 3 is 2.78 bits per heavy atom. The molecule has 0 aliphatic rings. The molecule has 10 heteroatoms. The fourth-order valence-corrected chi connectivity index (χ4v) is 4.45. The van der Waals surface area contributed by atoms with Crippen molar-refractivity contribution in [2.24, 2.45) is 0 Å². The molecule has 0 radical (unpaired) electrons. The van der Waals surface area contributed by atoms with Crippen LogP contribution in [0.5, 0.6) is 0 Å². The largest absolute Gasteiger partial charge is 0.337 e. The first kappa shape index (κ1) is 20.3. The smallest absolute Gasteiger partial charge is 0.336 e. The number of hydrogen-bond donors (Lipinski definition) is 0. The minimum Gasteiger partial charge on any atom is -0.337 e. The summed E-state index contributed by atoms with van der Waals surface area (Å²) in [5.74, 6) is -0.183. The van der Waals surface area contributed by atoms with Crippen LogP contribution in [-0.2, 0) is 6.54 Å². The quantitative estimate of drug-likeness (QED) is 0.390. The molecule has 0 spiro atoms. The summed E-state index contributed by atoms with van der Waals surface area (Å²) in [6.45, 7) is 1.85. The van der Waals surface area contributed by atoms with E-state index in [4.69, 9.17) is 16.1 Å². The van der Waals surface area contributed by atoms with Crippen LogP contribution in [0, 0.1) is 12.7 Å². The van der Waals surface area contributed by atoms with Crippen molar-refractivity contribution in [2.75, 3.05) is 0 Å². The zero-order chi connectivity index (χ0) is 22.4. The number of fused-ring (bicyclic) bond motifs is 1. The zero-order valence-electron chi connectivity index (χ0n) is 16.6. The summed E-state index contributed by atoms with van der Waals surface area (Å²) in [6.07, 6.45) is 0. The van der Waals surface area contributed by atoms with Gasteiger partial charge in [0, 0.05) is 5.56 Å². The molecule has 0 fully saturated rings. The summed E-state index contributed by atoms with van der Waals surface area (Å²) >= 11 is 7.09. The van der Waals surface area contributed by atoms with Crippen molar-refractivity contribution >= 4 is 33.2 Å². The number of nitrogens with zero attached hydrogens (tertiary/aromatic N) is 4. The molecule has 0 aliphatic carbocycles. The summed E-state index contributed by atoms with van der Waals surface area (Å²) in [5, 5.41) is 5.60. The maximum absolute atomic E-state index is 13.4. The molecule has 0 N–H and O–H groups in total. The van der Waals surface area contributed by atoms with Gasteiger partial charge in [0.1, 0.15) is 17.1 Å². The topological polar surface area (TPSA) is 82.9 Å². The van der Waals surface area contributed by atoms with Crippen LogP contribution < -0.4 is 11.2 Å². The molecule has 0 saturated heterocycles. The molecule has 0 amide bonds. The molecule has 160 valence electrons. The number of halogens is 2. The summed E-state index contributed by atoms with van der Waals surface area (Å²) in [5.41, 5.74) is 1.47. The van der Waals surface area contributed by atoms with Crippen LogP contribution in [0.4, 0.5) is 4.39 Å². The highest BCUT2D eigenvalue weighted by Gasteiger charge is 2.18. The van der Waals surface area contributed by atoms with Gasteiger partial charge in [0.15, 0.2) is 0 Å². The summed E-state index contributed by atoms with van der Waals surface area (Å²) in [4.78, 5) is 30.7. The van der Waals surface area contributed by atoms with E-state index in [1.807, 2.05) is 13.0 Å². The molecule has 2 aromatic carbocycles. The van der Waals surface area contributed by atoms with Crippen LogP contribution in [0.1, 0.15) is 11.5 Å². The Balaban J connectivity index is 1.62. The number of thiophene rings is 1. The van der Waals surface area contributed by atoms with Gasteiger partial charge in [-0.05, 0) is 54.3 Å². The van der Waals surface area contributed by atoms with Crippen molar-refractivity contribution in [1.29, 1.82) is 0 Å². The predicted molar refractivity (Wildman–Crippen MR) is 120 cm³/mol. The molecule has 5 rings (SSSR count). The number of benzene rings is 2. The van der Waals surface area contributed by atoms with Gasteiger partial charge in [-0.15, -0.1) is 11.3 Å². The first-order chi connectivity index (χ1) is 15.4. The molecule has 0 bridgehead atoms. The van der Waals surface area contributed by atoms with Gasteiger partial charge in [0.25, 0.3) is 5.56 Å². The van der Waals surface area contributed by atoms with E-state index in [0.717, 1.165) is 10.1 Å². The van der Waals surface area contributed by atoms with Gasteiger partial charge in [0.05, 0.1) is 16.2 Å². The summed E-state index contributed by atoms with van der Waals surface area (Å²) < 4.78 is 21.8. The van der Waals surface area contributed by atoms with Crippen molar-refractivity contribution < 1.29 is 8.91 Å². The lowest BCUT2D eigenvalue weighted by atomic mass is 10.2. The molecular weight excluding hydrogens is 455 g/mol. The summed E-state index contributed by atoms with van der Waals surface area (Å²) in [6, 6.07) is 13.0. The number of rotatable bonds is 4. The molecule has 0 unspecified atom stereocenters. The van der Waals surface area contributed by atoms with Crippen LogP contribution in [0.25, 0.3) is 27.3 Å². The first-order valence-electron chi connectivity index (χ1n) is 9.50. The Kier molecular flexibility index (Phi) is 4.99. The van der Waals surface area contributed by atoms with E-state index in [-0.39, 0.29) is 28.8 Å². The molecular formula is C22H14ClFN4O3S. The predicted octanol–water partition coefficient (Wildman–Crippen LogP) is 4.41. The molecule has 0 atom stereocenters. The van der Waals surface area contributed by atoms with Crippen LogP contribution in [0.15, 0.2) is 68.0 Å². The van der Waals surface area contributed by atoms with Crippen LogP contribution in [0.3, 0.4) is 0 Å². The number of aryl methyl sites for hydroxylation is 1. The molecule has 0 saturated carbocycles. The van der Waals surface area contributed by atoms with Gasteiger partial charge < -0.3 is 4.52 Å². The van der Waals surface area contributed by atoms with Crippen molar-refractivity contribution in [3.05, 3.63) is 97.0 Å². The minimum atomic E-state index is -0.552. The van der Waals surface area contributed by atoms with E-state index >= 15 is 0 Å². The van der Waals surface area contributed by atoms with Crippen LogP contribution >= 0.6 is 22.9 Å². The minimum absolute atomic E-state index is 0.0416. The van der Waals surface area contributed by atoms with E-state index in [2.05, 4.69) is 10.1 Å². The van der Waals surface area contributed by atoms with Crippen molar-refractivity contribution in [1.82, 2.24) is 19.3 Å². The molecule has 0 aliphatic heterocycles. The van der Waals surface area contributed by atoms with E-state index < -0.39 is 11.5 Å². The SMILES string of the molecule is Cc1cccc(-n2c(=O)c3sccc3n(Cc3nc(-c4ccc(F)c(Cl)c4)no3)c2=O)c1. The Morgan fingerprint density at radius 1 is 1.16 bits per heavy atom. The lowest BCUT2D eigenvalue weighted by Gasteiger charge is -2.11. The van der Waals surface area contributed by atoms with Gasteiger partial charge in [-0.1, -0.05) is 28.9 Å². The third-order valence-electron chi connectivity index (χ3n) is 4.95. The maximum atomic E-state index is 13.4. The molecule has 7 nitrogen and oxygen atoms in total. The average Bonchev–Trinajstić information content (AvgIpc) is 3.43. The first-order valence-corrected chi connectivity index (χ1v) is 10.8. The van der Waals surface area contributed by atoms with E-state index in [1.54, 1.807) is 29.6 Å². The van der Waals surface area contributed by atoms with Gasteiger partial charge >= 0.3 is 5.69 Å². The molecule has 32 heavy (non-hydrogen) atoms. The van der Waals surface area contributed by atoms with Crippen molar-refractivity contribution in [2.45, 2.75) is 13.5 Å². The third kappa shape index (κ3) is 3.45. The Labute approximate surface area is 188 Å². The third-order valence-corrected chi connectivity index (χ3v) is 6.14. The van der Waals surface area contributed by atoms with Gasteiger partial charge in [-0.25, -0.2) is 13.8 Å². The van der Waals surface area contributed by atoms with E-state index in [0.29, 0.717) is 21.5 Å². The second kappa shape index (κ2) is 7.85. The Morgan fingerprint density at radius 2 is 2.00 bits per heavy atom. The monoisotopic (exact) mass is 468 g/mol. The number of hydrogen-bond acceptors (Lipinski definition) is 6. The Bertz CT molecular complexity index is 1600. The maximum Gasteiger partial charge on any atom is 0.336 e. The fourth-order valence-electron chi connectivity index (χ4n) is 3.44. The average molecular weight is 469 g/mol. The fraction of sp³-hybridized carbons (Fsp3) is 0.0909.